The lowest BCUT2D eigenvalue weighted by Gasteiger charge is -2.06. The Labute approximate surface area is 131 Å². The van der Waals surface area contributed by atoms with E-state index < -0.39 is 5.82 Å². The van der Waals surface area contributed by atoms with Gasteiger partial charge in [0.05, 0.1) is 17.3 Å². The SMILES string of the molecule is CCc1nn(C)c2c1[nH]c(=S)n2Cc1ccc(F)c(Cl)c1. The number of aromatic nitrogens is 4. The van der Waals surface area contributed by atoms with E-state index in [0.717, 1.165) is 28.8 Å². The number of halogens is 2. The number of imidazole rings is 1. The maximum atomic E-state index is 13.2. The summed E-state index contributed by atoms with van der Waals surface area (Å²) in [6.07, 6.45) is 0.828. The number of aromatic amines is 1. The van der Waals surface area contributed by atoms with Crippen LogP contribution < -0.4 is 0 Å². The average Bonchev–Trinajstić information content (AvgIpc) is 2.92. The van der Waals surface area contributed by atoms with Gasteiger partial charge in [-0.1, -0.05) is 24.6 Å². The highest BCUT2D eigenvalue weighted by atomic mass is 35.5. The second-order valence-electron chi connectivity index (χ2n) is 4.89. The van der Waals surface area contributed by atoms with Crippen molar-refractivity contribution in [2.45, 2.75) is 19.9 Å². The Kier molecular flexibility index (Phi) is 3.59. The second kappa shape index (κ2) is 5.27. The van der Waals surface area contributed by atoms with Crippen molar-refractivity contribution in [3.05, 3.63) is 45.1 Å². The number of hydrogen-bond acceptors (Lipinski definition) is 2. The lowest BCUT2D eigenvalue weighted by atomic mass is 10.2. The molecule has 0 saturated carbocycles. The van der Waals surface area contributed by atoms with E-state index in [-0.39, 0.29) is 5.02 Å². The predicted octanol–water partition coefficient (Wildman–Crippen LogP) is 3.84. The molecule has 3 aromatic rings. The Morgan fingerprint density at radius 2 is 2.19 bits per heavy atom. The summed E-state index contributed by atoms with van der Waals surface area (Å²) in [5.41, 5.74) is 3.75. The van der Waals surface area contributed by atoms with Crippen LogP contribution in [0.15, 0.2) is 18.2 Å². The molecule has 4 nitrogen and oxygen atoms in total. The van der Waals surface area contributed by atoms with Crippen molar-refractivity contribution in [1.82, 2.24) is 19.3 Å². The smallest absolute Gasteiger partial charge is 0.179 e. The summed E-state index contributed by atoms with van der Waals surface area (Å²) < 4.78 is 17.6. The molecule has 0 aliphatic heterocycles. The molecule has 110 valence electrons. The molecule has 2 heterocycles. The van der Waals surface area contributed by atoms with Crippen LogP contribution in [0.4, 0.5) is 4.39 Å². The van der Waals surface area contributed by atoms with E-state index in [0.29, 0.717) is 11.3 Å². The minimum atomic E-state index is -0.419. The fourth-order valence-corrected chi connectivity index (χ4v) is 2.95. The highest BCUT2D eigenvalue weighted by Crippen LogP contribution is 2.21. The van der Waals surface area contributed by atoms with Crippen LogP contribution in [0.5, 0.6) is 0 Å². The predicted molar refractivity (Wildman–Crippen MR) is 83.8 cm³/mol. The van der Waals surface area contributed by atoms with Crippen molar-refractivity contribution in [1.29, 1.82) is 0 Å². The van der Waals surface area contributed by atoms with E-state index in [2.05, 4.69) is 17.0 Å². The summed E-state index contributed by atoms with van der Waals surface area (Å²) in [5.74, 6) is -0.419. The topological polar surface area (TPSA) is 38.5 Å². The molecule has 0 aliphatic rings. The number of H-pyrrole nitrogens is 1. The van der Waals surface area contributed by atoms with Crippen molar-refractivity contribution < 1.29 is 4.39 Å². The molecule has 0 atom stereocenters. The number of hydrogen-bond donors (Lipinski definition) is 1. The van der Waals surface area contributed by atoms with Gasteiger partial charge in [-0.2, -0.15) is 5.10 Å². The van der Waals surface area contributed by atoms with Gasteiger partial charge < -0.3 is 4.98 Å². The molecular weight excluding hydrogens is 311 g/mol. The van der Waals surface area contributed by atoms with Crippen LogP contribution in [0.25, 0.3) is 11.2 Å². The van der Waals surface area contributed by atoms with Gasteiger partial charge in [0.2, 0.25) is 0 Å². The van der Waals surface area contributed by atoms with Gasteiger partial charge in [-0.15, -0.1) is 0 Å². The summed E-state index contributed by atoms with van der Waals surface area (Å²) >= 11 is 11.2. The lowest BCUT2D eigenvalue weighted by molar-refractivity contribution is 0.626. The molecule has 0 saturated heterocycles. The van der Waals surface area contributed by atoms with Gasteiger partial charge in [-0.25, -0.2) is 4.39 Å². The Morgan fingerprint density at radius 1 is 1.43 bits per heavy atom. The number of aryl methyl sites for hydroxylation is 2. The van der Waals surface area contributed by atoms with E-state index >= 15 is 0 Å². The first kappa shape index (κ1) is 14.3. The summed E-state index contributed by atoms with van der Waals surface area (Å²) in [7, 11) is 1.89. The van der Waals surface area contributed by atoms with Gasteiger partial charge in [0, 0.05) is 7.05 Å². The lowest BCUT2D eigenvalue weighted by Crippen LogP contribution is -2.04. The van der Waals surface area contributed by atoms with Gasteiger partial charge in [0.15, 0.2) is 10.4 Å². The molecule has 1 aromatic carbocycles. The molecule has 0 fully saturated rings. The second-order valence-corrected chi connectivity index (χ2v) is 5.68. The minimum absolute atomic E-state index is 0.116. The molecular formula is C14H14ClFN4S. The van der Waals surface area contributed by atoms with Crippen molar-refractivity contribution in [2.75, 3.05) is 0 Å². The fourth-order valence-electron chi connectivity index (χ4n) is 2.49. The summed E-state index contributed by atoms with van der Waals surface area (Å²) in [5, 5.41) is 4.59. The molecule has 2 aromatic heterocycles. The van der Waals surface area contributed by atoms with Crippen LogP contribution in [0.1, 0.15) is 18.2 Å². The first-order valence-electron chi connectivity index (χ1n) is 6.59. The van der Waals surface area contributed by atoms with E-state index in [4.69, 9.17) is 23.8 Å². The van der Waals surface area contributed by atoms with Crippen LogP contribution in [-0.4, -0.2) is 19.3 Å². The first-order chi connectivity index (χ1) is 10.0. The van der Waals surface area contributed by atoms with Gasteiger partial charge in [-0.05, 0) is 36.3 Å². The van der Waals surface area contributed by atoms with Crippen LogP contribution in [0.3, 0.4) is 0 Å². The van der Waals surface area contributed by atoms with Crippen molar-refractivity contribution in [3.63, 3.8) is 0 Å². The van der Waals surface area contributed by atoms with E-state index in [1.807, 2.05) is 16.3 Å². The van der Waals surface area contributed by atoms with Crippen LogP contribution >= 0.6 is 23.8 Å². The maximum absolute atomic E-state index is 13.2. The molecule has 0 bridgehead atoms. The molecule has 0 aliphatic carbocycles. The third-order valence-corrected chi connectivity index (χ3v) is 4.09. The zero-order chi connectivity index (χ0) is 15.1. The average molecular weight is 325 g/mol. The van der Waals surface area contributed by atoms with Crippen LogP contribution in [0, 0.1) is 10.6 Å². The highest BCUT2D eigenvalue weighted by molar-refractivity contribution is 7.71. The zero-order valence-electron chi connectivity index (χ0n) is 11.7. The molecule has 0 spiro atoms. The maximum Gasteiger partial charge on any atom is 0.179 e. The number of nitrogens with zero attached hydrogens (tertiary/aromatic N) is 3. The summed E-state index contributed by atoms with van der Waals surface area (Å²) in [4.78, 5) is 3.20. The number of nitrogens with one attached hydrogen (secondary N) is 1. The minimum Gasteiger partial charge on any atom is -0.328 e. The molecule has 7 heteroatoms. The fraction of sp³-hybridized carbons (Fsp3) is 0.286. The van der Waals surface area contributed by atoms with E-state index in [1.54, 1.807) is 12.1 Å². The third kappa shape index (κ3) is 2.38. The summed E-state index contributed by atoms with van der Waals surface area (Å²) in [6, 6.07) is 4.69. The molecule has 1 N–H and O–H groups in total. The Bertz CT molecular complexity index is 877. The van der Waals surface area contributed by atoms with E-state index in [9.17, 15) is 4.39 Å². The number of fused-ring (bicyclic) bond motifs is 1. The van der Waals surface area contributed by atoms with Crippen LogP contribution in [0.2, 0.25) is 5.02 Å². The molecule has 3 rings (SSSR count). The van der Waals surface area contributed by atoms with Gasteiger partial charge in [0.1, 0.15) is 11.3 Å². The highest BCUT2D eigenvalue weighted by Gasteiger charge is 2.14. The standard InChI is InChI=1S/C14H14ClFN4S/c1-3-11-12-13(19(2)18-11)20(14(21)17-12)7-8-4-5-10(16)9(15)6-8/h4-6H,3,7H2,1-2H3,(H,17,21). The Balaban J connectivity index is 2.12. The van der Waals surface area contributed by atoms with Crippen molar-refractivity contribution in [2.24, 2.45) is 7.05 Å². The Morgan fingerprint density at radius 3 is 2.86 bits per heavy atom. The quantitative estimate of drug-likeness (QED) is 0.743. The number of benzene rings is 1. The zero-order valence-corrected chi connectivity index (χ0v) is 13.2. The van der Waals surface area contributed by atoms with Crippen LogP contribution in [-0.2, 0) is 20.0 Å². The first-order valence-corrected chi connectivity index (χ1v) is 7.38. The molecule has 0 amide bonds. The van der Waals surface area contributed by atoms with Crippen molar-refractivity contribution in [3.8, 4) is 0 Å². The van der Waals surface area contributed by atoms with Gasteiger partial charge in [-0.3, -0.25) is 9.25 Å². The van der Waals surface area contributed by atoms with Gasteiger partial charge >= 0.3 is 0 Å². The monoisotopic (exact) mass is 324 g/mol. The van der Waals surface area contributed by atoms with E-state index in [1.165, 1.54) is 6.07 Å². The molecule has 21 heavy (non-hydrogen) atoms. The van der Waals surface area contributed by atoms with Gasteiger partial charge in [0.25, 0.3) is 0 Å². The summed E-state index contributed by atoms with van der Waals surface area (Å²) in [6.45, 7) is 2.57. The largest absolute Gasteiger partial charge is 0.328 e. The third-order valence-electron chi connectivity index (χ3n) is 3.48. The molecule has 0 radical (unpaired) electrons. The van der Waals surface area contributed by atoms with Crippen molar-refractivity contribution >= 4 is 35.0 Å². The Hall–Kier alpha value is -1.66. The molecule has 0 unspecified atom stereocenters. The normalized spacial score (nSPS) is 11.4. The number of rotatable bonds is 3.